The van der Waals surface area contributed by atoms with Gasteiger partial charge in [0.05, 0.1) is 25.3 Å². The van der Waals surface area contributed by atoms with Gasteiger partial charge < -0.3 is 35.6 Å². The van der Waals surface area contributed by atoms with Gasteiger partial charge in [-0.2, -0.15) is 9.35 Å². The van der Waals surface area contributed by atoms with Crippen molar-refractivity contribution < 1.29 is 50.9 Å². The summed E-state index contributed by atoms with van der Waals surface area (Å²) in [4.78, 5) is 46.9. The lowest BCUT2D eigenvalue weighted by Gasteiger charge is -2.51. The maximum atomic E-state index is 13.2. The Hall–Kier alpha value is -4.89. The maximum absolute atomic E-state index is 13.2. The summed E-state index contributed by atoms with van der Waals surface area (Å²) < 4.78 is 44.9. The van der Waals surface area contributed by atoms with Crippen molar-refractivity contribution in [1.29, 1.82) is 0 Å². The van der Waals surface area contributed by atoms with Gasteiger partial charge in [0.15, 0.2) is 10.8 Å². The van der Waals surface area contributed by atoms with Crippen molar-refractivity contribution >= 4 is 56.2 Å². The highest BCUT2D eigenvalue weighted by atomic mass is 32.3. The second kappa shape index (κ2) is 14.3. The maximum Gasteiger partial charge on any atom is 0.351 e. The third-order valence-electron chi connectivity index (χ3n) is 7.82. The zero-order valence-electron chi connectivity index (χ0n) is 26.5. The van der Waals surface area contributed by atoms with E-state index in [0.717, 1.165) is 47.9 Å². The molecule has 49 heavy (non-hydrogen) atoms. The summed E-state index contributed by atoms with van der Waals surface area (Å²) in [7, 11) is -3.31. The Morgan fingerprint density at radius 2 is 1.98 bits per heavy atom. The number of carbonyl (C=O) groups excluding carboxylic acids is 2. The van der Waals surface area contributed by atoms with Gasteiger partial charge in [-0.15, -0.1) is 11.3 Å². The number of hydrogen-bond donors (Lipinski definition) is 5. The highest BCUT2D eigenvalue weighted by Gasteiger charge is 2.57. The van der Waals surface area contributed by atoms with Crippen molar-refractivity contribution in [2.24, 2.45) is 18.1 Å². The molecule has 0 saturated carbocycles. The molecule has 2 aliphatic heterocycles. The van der Waals surface area contributed by atoms with E-state index in [-0.39, 0.29) is 10.8 Å². The van der Waals surface area contributed by atoms with E-state index in [4.69, 9.17) is 15.3 Å². The molecule has 2 aromatic heterocycles. The number of nitrogens with two attached hydrogens (primary N) is 1. The smallest absolute Gasteiger partial charge is 0.351 e. The number of anilines is 2. The first-order chi connectivity index (χ1) is 23.1. The number of pyridine rings is 1. The van der Waals surface area contributed by atoms with E-state index in [0.29, 0.717) is 16.7 Å². The van der Waals surface area contributed by atoms with Gasteiger partial charge in [-0.25, -0.2) is 22.8 Å². The number of amides is 2. The Balaban J connectivity index is 1.24. The molecule has 6 N–H and O–H groups in total. The number of rotatable bonds is 15. The van der Waals surface area contributed by atoms with E-state index in [1.54, 1.807) is 12.1 Å². The van der Waals surface area contributed by atoms with Gasteiger partial charge in [0.1, 0.15) is 24.1 Å². The highest BCUT2D eigenvalue weighted by molar-refractivity contribution is 7.80. The van der Waals surface area contributed by atoms with E-state index in [2.05, 4.69) is 30.4 Å². The van der Waals surface area contributed by atoms with Crippen LogP contribution in [0.3, 0.4) is 0 Å². The van der Waals surface area contributed by atoms with Crippen LogP contribution in [0.4, 0.5) is 10.9 Å². The van der Waals surface area contributed by atoms with Gasteiger partial charge in [-0.1, -0.05) is 17.3 Å². The van der Waals surface area contributed by atoms with E-state index in [1.807, 2.05) is 42.1 Å². The van der Waals surface area contributed by atoms with E-state index < -0.39 is 58.2 Å². The van der Waals surface area contributed by atoms with Crippen molar-refractivity contribution in [3.05, 3.63) is 53.7 Å². The van der Waals surface area contributed by atoms with Crippen LogP contribution >= 0.6 is 11.3 Å². The van der Waals surface area contributed by atoms with Crippen LogP contribution in [0.5, 0.6) is 5.75 Å². The van der Waals surface area contributed by atoms with Crippen molar-refractivity contribution in [2.75, 3.05) is 37.3 Å². The number of oxime groups is 1. The minimum Gasteiger partial charge on any atom is -0.724 e. The second-order valence-corrected chi connectivity index (χ2v) is 13.6. The van der Waals surface area contributed by atoms with Gasteiger partial charge in [0.25, 0.3) is 23.7 Å². The Labute approximate surface area is 284 Å². The zero-order valence-corrected chi connectivity index (χ0v) is 28.1. The van der Waals surface area contributed by atoms with Crippen molar-refractivity contribution in [1.82, 2.24) is 20.7 Å². The number of nitrogens with one attached hydrogen (secondary N) is 3. The summed E-state index contributed by atoms with van der Waals surface area (Å²) in [6.45, 7) is 5.03. The van der Waals surface area contributed by atoms with Crippen LogP contribution in [0.1, 0.15) is 19.5 Å². The van der Waals surface area contributed by atoms with Crippen molar-refractivity contribution in [3.63, 3.8) is 0 Å². The lowest BCUT2D eigenvalue weighted by molar-refractivity contribution is -0.657. The molecule has 2 saturated heterocycles. The van der Waals surface area contributed by atoms with Crippen molar-refractivity contribution in [3.8, 4) is 16.9 Å². The third kappa shape index (κ3) is 8.40. The number of aliphatic carboxylic acids is 1. The predicted molar refractivity (Wildman–Crippen MR) is 173 cm³/mol. The molecule has 0 bridgehead atoms. The number of carboxylic acid groups (broad SMARTS) is 1. The summed E-state index contributed by atoms with van der Waals surface area (Å²) in [6.07, 6.45) is 0.278. The van der Waals surface area contributed by atoms with Crippen LogP contribution in [-0.4, -0.2) is 95.5 Å². The SMILES string of the molecule is C[n+]1ccc(-c2ccc(OC[C@H](O/N=C(\C(=O)NC3C(=O)N(OS(=O)(=O)[O-])C3(C)C)c3csc(N)n3)C(=O)O)cc2)cc1NCC1CNC1. The van der Waals surface area contributed by atoms with Crippen LogP contribution in [0.25, 0.3) is 11.1 Å². The standard InChI is InChI=1S/C29H34N8O10S2/c1-29(2)24(26(39)37(29)47-49(42,43)44)34-25(38)23(20-15-48-28(30)33-20)35-46-21(27(40)41)14-45-19-6-4-17(5-7-19)18-8-9-36(3)22(10-18)32-13-16-11-31-12-16/h4-10,15-16,21,24,31H,11-14H2,1-3H3,(H5,30,33,34,38,40,41,42,43,44)/b35-23-/t21-,24?/m0/s1. The number of hydrogen-bond acceptors (Lipinski definition) is 15. The number of hydroxylamine groups is 2. The van der Waals surface area contributed by atoms with Gasteiger partial charge in [-0.05, 0) is 43.2 Å². The number of β-lactam (4-membered cyclic amide) rings is 1. The number of benzene rings is 1. The fourth-order valence-corrected chi connectivity index (χ4v) is 5.86. The molecular formula is C29H34N8O10S2. The van der Waals surface area contributed by atoms with Crippen LogP contribution in [0.15, 0.2) is 53.1 Å². The number of carboxylic acids is 1. The Kier molecular flexibility index (Phi) is 10.3. The molecule has 1 aromatic carbocycles. The largest absolute Gasteiger partial charge is 0.724 e. The minimum absolute atomic E-state index is 0.0560. The molecule has 2 fully saturated rings. The molecular weight excluding hydrogens is 684 g/mol. The molecule has 0 spiro atoms. The Morgan fingerprint density at radius 3 is 2.55 bits per heavy atom. The van der Waals surface area contributed by atoms with Gasteiger partial charge in [-0.3, -0.25) is 14.9 Å². The molecule has 2 amide bonds. The monoisotopic (exact) mass is 718 g/mol. The molecule has 5 rings (SSSR count). The van der Waals surface area contributed by atoms with E-state index in [1.165, 1.54) is 19.2 Å². The number of aryl methyl sites for hydroxylation is 1. The number of nitrogens with zero attached hydrogens (tertiary/aromatic N) is 4. The first-order valence-corrected chi connectivity index (χ1v) is 17.0. The summed E-state index contributed by atoms with van der Waals surface area (Å²) in [5.41, 5.74) is 5.50. The topological polar surface area (TPSA) is 251 Å². The molecule has 3 aromatic rings. The van der Waals surface area contributed by atoms with Crippen molar-refractivity contribution in [2.45, 2.75) is 31.5 Å². The lowest BCUT2D eigenvalue weighted by atomic mass is 9.84. The van der Waals surface area contributed by atoms with Gasteiger partial charge in [0.2, 0.25) is 10.4 Å². The summed E-state index contributed by atoms with van der Waals surface area (Å²) in [5.74, 6) is -1.60. The average molecular weight is 719 g/mol. The Morgan fingerprint density at radius 1 is 1.27 bits per heavy atom. The quantitative estimate of drug-likeness (QED) is 0.0335. The van der Waals surface area contributed by atoms with Crippen LogP contribution in [0, 0.1) is 5.92 Å². The molecule has 0 radical (unpaired) electrons. The fourth-order valence-electron chi connectivity index (χ4n) is 4.86. The summed E-state index contributed by atoms with van der Waals surface area (Å²) in [6, 6.07) is 9.68. The normalized spacial score (nSPS) is 18.2. The molecule has 18 nitrogen and oxygen atoms in total. The molecule has 2 aliphatic rings. The zero-order chi connectivity index (χ0) is 35.5. The summed E-state index contributed by atoms with van der Waals surface area (Å²) in [5, 5.41) is 24.3. The average Bonchev–Trinajstić information content (AvgIpc) is 3.45. The number of ether oxygens (including phenoxy) is 1. The molecule has 262 valence electrons. The van der Waals surface area contributed by atoms with Crippen LogP contribution in [-0.2, 0) is 41.0 Å². The molecule has 2 atom stereocenters. The number of thiazole rings is 1. The highest BCUT2D eigenvalue weighted by Crippen LogP contribution is 2.33. The molecule has 20 heteroatoms. The first kappa shape index (κ1) is 35.4. The number of nitrogen functional groups attached to an aromatic ring is 1. The molecule has 4 heterocycles. The van der Waals surface area contributed by atoms with Gasteiger partial charge >= 0.3 is 5.97 Å². The van der Waals surface area contributed by atoms with E-state index in [9.17, 15) is 32.5 Å². The lowest BCUT2D eigenvalue weighted by Crippen LogP contribution is -2.76. The van der Waals surface area contributed by atoms with Crippen LogP contribution in [0.2, 0.25) is 0 Å². The number of carbonyl (C=O) groups is 3. The van der Waals surface area contributed by atoms with Crippen LogP contribution < -0.4 is 31.0 Å². The summed E-state index contributed by atoms with van der Waals surface area (Å²) >= 11 is 0.957. The van der Waals surface area contributed by atoms with Gasteiger partial charge in [0, 0.05) is 30.5 Å². The first-order valence-electron chi connectivity index (χ1n) is 14.8. The fraction of sp³-hybridized carbons (Fsp3) is 0.379. The second-order valence-electron chi connectivity index (χ2n) is 11.8. The third-order valence-corrected chi connectivity index (χ3v) is 8.83. The molecule has 1 unspecified atom stereocenters. The number of aromatic nitrogens is 2. The predicted octanol–water partition coefficient (Wildman–Crippen LogP) is -0.402. The Bertz CT molecular complexity index is 1860. The molecule has 0 aliphatic carbocycles. The van der Waals surface area contributed by atoms with E-state index >= 15 is 0 Å². The minimum atomic E-state index is -5.27.